The van der Waals surface area contributed by atoms with E-state index in [4.69, 9.17) is 11.6 Å². The Balaban J connectivity index is 2.06. The van der Waals surface area contributed by atoms with Crippen molar-refractivity contribution in [2.75, 3.05) is 0 Å². The third kappa shape index (κ3) is 3.83. The van der Waals surface area contributed by atoms with Crippen LogP contribution in [0.5, 0.6) is 0 Å². The van der Waals surface area contributed by atoms with E-state index >= 15 is 0 Å². The van der Waals surface area contributed by atoms with E-state index in [9.17, 15) is 9.90 Å². The fourth-order valence-corrected chi connectivity index (χ4v) is 2.21. The van der Waals surface area contributed by atoms with Gasteiger partial charge in [0.05, 0.1) is 5.92 Å². The van der Waals surface area contributed by atoms with Crippen LogP contribution < -0.4 is 0 Å². The molecule has 98 valence electrons. The van der Waals surface area contributed by atoms with E-state index in [-0.39, 0.29) is 0 Å². The summed E-state index contributed by atoms with van der Waals surface area (Å²) in [4.78, 5) is 11.4. The fourth-order valence-electron chi connectivity index (χ4n) is 2.08. The van der Waals surface area contributed by atoms with Gasteiger partial charge in [-0.25, -0.2) is 0 Å². The highest BCUT2D eigenvalue weighted by Gasteiger charge is 2.19. The topological polar surface area (TPSA) is 37.3 Å². The van der Waals surface area contributed by atoms with Crippen LogP contribution >= 0.6 is 11.6 Å². The van der Waals surface area contributed by atoms with Crippen molar-refractivity contribution in [1.29, 1.82) is 0 Å². The number of aryl methyl sites for hydroxylation is 1. The number of benzene rings is 2. The fraction of sp³-hybridized carbons (Fsp3) is 0.188. The van der Waals surface area contributed by atoms with Gasteiger partial charge in [-0.3, -0.25) is 4.79 Å². The lowest BCUT2D eigenvalue weighted by Gasteiger charge is -2.12. The number of carbonyl (C=O) groups is 1. The first-order valence-electron chi connectivity index (χ1n) is 6.19. The lowest BCUT2D eigenvalue weighted by molar-refractivity contribution is -0.138. The summed E-state index contributed by atoms with van der Waals surface area (Å²) in [6, 6.07) is 16.9. The smallest absolute Gasteiger partial charge is 0.310 e. The molecule has 0 aromatic heterocycles. The molecule has 2 rings (SSSR count). The maximum atomic E-state index is 11.4. The Morgan fingerprint density at radius 3 is 2.26 bits per heavy atom. The van der Waals surface area contributed by atoms with Crippen LogP contribution in [0.4, 0.5) is 0 Å². The zero-order valence-electron chi connectivity index (χ0n) is 10.4. The van der Waals surface area contributed by atoms with Crippen LogP contribution in [0.25, 0.3) is 0 Å². The molecule has 2 nitrogen and oxygen atoms in total. The molecule has 0 spiro atoms. The molecule has 0 fully saturated rings. The van der Waals surface area contributed by atoms with Gasteiger partial charge in [-0.15, -0.1) is 0 Å². The largest absolute Gasteiger partial charge is 0.481 e. The highest BCUT2D eigenvalue weighted by molar-refractivity contribution is 6.30. The van der Waals surface area contributed by atoms with Crippen molar-refractivity contribution in [2.45, 2.75) is 18.8 Å². The van der Waals surface area contributed by atoms with E-state index in [1.54, 1.807) is 0 Å². The minimum Gasteiger partial charge on any atom is -0.481 e. The zero-order valence-corrected chi connectivity index (χ0v) is 11.2. The van der Waals surface area contributed by atoms with Crippen molar-refractivity contribution in [3.8, 4) is 0 Å². The summed E-state index contributed by atoms with van der Waals surface area (Å²) in [5.41, 5.74) is 1.95. The molecule has 0 aliphatic carbocycles. The maximum absolute atomic E-state index is 11.4. The van der Waals surface area contributed by atoms with E-state index < -0.39 is 11.9 Å². The number of halogens is 1. The number of carboxylic acids is 1. The predicted octanol–water partition coefficient (Wildman–Crippen LogP) is 4.14. The number of hydrogen-bond donors (Lipinski definition) is 1. The number of rotatable bonds is 5. The molecule has 2 aromatic rings. The van der Waals surface area contributed by atoms with Gasteiger partial charge < -0.3 is 5.11 Å². The molecule has 0 saturated carbocycles. The monoisotopic (exact) mass is 274 g/mol. The van der Waals surface area contributed by atoms with E-state index in [1.165, 1.54) is 0 Å². The molecular weight excluding hydrogens is 260 g/mol. The van der Waals surface area contributed by atoms with Gasteiger partial charge in [0.15, 0.2) is 0 Å². The highest BCUT2D eigenvalue weighted by Crippen LogP contribution is 2.22. The maximum Gasteiger partial charge on any atom is 0.310 e. The summed E-state index contributed by atoms with van der Waals surface area (Å²) in [5.74, 6) is -1.24. The van der Waals surface area contributed by atoms with E-state index in [2.05, 4.69) is 0 Å². The number of hydrogen-bond acceptors (Lipinski definition) is 1. The minimum absolute atomic E-state index is 0.461. The molecule has 0 saturated heterocycles. The molecule has 2 aromatic carbocycles. The van der Waals surface area contributed by atoms with Crippen molar-refractivity contribution in [3.05, 3.63) is 70.7 Å². The first kappa shape index (κ1) is 13.6. The molecule has 1 N–H and O–H groups in total. The van der Waals surface area contributed by atoms with Gasteiger partial charge in [0, 0.05) is 5.02 Å². The van der Waals surface area contributed by atoms with Crippen LogP contribution in [-0.4, -0.2) is 11.1 Å². The standard InChI is InChI=1S/C16H15ClO2/c17-14-9-6-12(7-10-14)8-11-15(16(18)19)13-4-2-1-3-5-13/h1-7,9-10,15H,8,11H2,(H,18,19)/t15-/m0/s1. The molecular formula is C16H15ClO2. The lowest BCUT2D eigenvalue weighted by Crippen LogP contribution is -2.12. The first-order valence-corrected chi connectivity index (χ1v) is 6.57. The summed E-state index contributed by atoms with van der Waals surface area (Å²) >= 11 is 5.83. The van der Waals surface area contributed by atoms with Crippen LogP contribution in [0.2, 0.25) is 5.02 Å². The molecule has 1 atom stereocenters. The lowest BCUT2D eigenvalue weighted by atomic mass is 9.92. The van der Waals surface area contributed by atoms with Gasteiger partial charge in [0.1, 0.15) is 0 Å². The molecule has 0 heterocycles. The van der Waals surface area contributed by atoms with Crippen LogP contribution in [0.1, 0.15) is 23.5 Å². The van der Waals surface area contributed by atoms with Crippen LogP contribution in [0.3, 0.4) is 0 Å². The molecule has 3 heteroatoms. The molecule has 19 heavy (non-hydrogen) atoms. The van der Waals surface area contributed by atoms with Gasteiger partial charge >= 0.3 is 5.97 Å². The number of carboxylic acid groups (broad SMARTS) is 1. The van der Waals surface area contributed by atoms with Gasteiger partial charge in [-0.2, -0.15) is 0 Å². The van der Waals surface area contributed by atoms with Crippen molar-refractivity contribution in [2.24, 2.45) is 0 Å². The van der Waals surface area contributed by atoms with E-state index in [0.29, 0.717) is 11.4 Å². The molecule has 0 aliphatic heterocycles. The van der Waals surface area contributed by atoms with Crippen molar-refractivity contribution >= 4 is 17.6 Å². The van der Waals surface area contributed by atoms with Crippen LogP contribution in [0.15, 0.2) is 54.6 Å². The summed E-state index contributed by atoms with van der Waals surface area (Å²) < 4.78 is 0. The molecule has 0 radical (unpaired) electrons. The zero-order chi connectivity index (χ0) is 13.7. The Bertz CT molecular complexity index is 534. The Morgan fingerprint density at radius 2 is 1.68 bits per heavy atom. The second kappa shape index (κ2) is 6.39. The van der Waals surface area contributed by atoms with Gasteiger partial charge in [0.25, 0.3) is 0 Å². The molecule has 0 amide bonds. The van der Waals surface area contributed by atoms with Gasteiger partial charge in [-0.1, -0.05) is 54.1 Å². The average molecular weight is 275 g/mol. The summed E-state index contributed by atoms with van der Waals surface area (Å²) in [7, 11) is 0. The Labute approximate surface area is 117 Å². The Morgan fingerprint density at radius 1 is 1.05 bits per heavy atom. The second-order valence-corrected chi connectivity index (χ2v) is 4.90. The molecule has 0 aliphatic rings. The van der Waals surface area contributed by atoms with Crippen LogP contribution in [-0.2, 0) is 11.2 Å². The number of aliphatic carboxylic acids is 1. The van der Waals surface area contributed by atoms with Gasteiger partial charge in [-0.05, 0) is 36.1 Å². The average Bonchev–Trinajstić information content (AvgIpc) is 2.42. The predicted molar refractivity (Wildman–Crippen MR) is 76.6 cm³/mol. The minimum atomic E-state index is -0.778. The molecule has 0 bridgehead atoms. The van der Waals surface area contributed by atoms with Crippen molar-refractivity contribution in [1.82, 2.24) is 0 Å². The van der Waals surface area contributed by atoms with Crippen LogP contribution in [0, 0.1) is 0 Å². The first-order chi connectivity index (χ1) is 9.16. The van der Waals surface area contributed by atoms with Crippen molar-refractivity contribution in [3.63, 3.8) is 0 Å². The third-order valence-electron chi connectivity index (χ3n) is 3.13. The van der Waals surface area contributed by atoms with Crippen molar-refractivity contribution < 1.29 is 9.90 Å². The molecule has 0 unspecified atom stereocenters. The third-order valence-corrected chi connectivity index (χ3v) is 3.39. The summed E-state index contributed by atoms with van der Waals surface area (Å²) in [6.45, 7) is 0. The highest BCUT2D eigenvalue weighted by atomic mass is 35.5. The Hall–Kier alpha value is -1.80. The second-order valence-electron chi connectivity index (χ2n) is 4.47. The Kier molecular flexibility index (Phi) is 4.58. The SMILES string of the molecule is O=C(O)[C@@H](CCc1ccc(Cl)cc1)c1ccccc1. The van der Waals surface area contributed by atoms with E-state index in [0.717, 1.165) is 17.5 Å². The summed E-state index contributed by atoms with van der Waals surface area (Å²) in [6.07, 6.45) is 1.31. The summed E-state index contributed by atoms with van der Waals surface area (Å²) in [5, 5.41) is 10.0. The van der Waals surface area contributed by atoms with Gasteiger partial charge in [0.2, 0.25) is 0 Å². The normalized spacial score (nSPS) is 12.1. The van der Waals surface area contributed by atoms with E-state index in [1.807, 2.05) is 54.6 Å². The quantitative estimate of drug-likeness (QED) is 0.890.